The number of nitriles is 1. The third-order valence-electron chi connectivity index (χ3n) is 4.97. The number of fused-ring (bicyclic) bond motifs is 3. The van der Waals surface area contributed by atoms with Crippen LogP contribution in [0.2, 0.25) is 0 Å². The van der Waals surface area contributed by atoms with Crippen molar-refractivity contribution >= 4 is 22.5 Å². The van der Waals surface area contributed by atoms with Crippen LogP contribution in [0.5, 0.6) is 0 Å². The van der Waals surface area contributed by atoms with Crippen LogP contribution in [0.3, 0.4) is 0 Å². The zero-order chi connectivity index (χ0) is 16.7. The number of benzene rings is 1. The number of aliphatic hydroxyl groups excluding tert-OH is 1. The molecule has 24 heavy (non-hydrogen) atoms. The number of nitrogens with zero attached hydrogens (tertiary/aromatic N) is 4. The van der Waals surface area contributed by atoms with Crippen LogP contribution in [-0.4, -0.2) is 34.2 Å². The van der Waals surface area contributed by atoms with E-state index in [4.69, 9.17) is 4.98 Å². The summed E-state index contributed by atoms with van der Waals surface area (Å²) in [6, 6.07) is 12.4. The monoisotopic (exact) mass is 320 g/mol. The summed E-state index contributed by atoms with van der Waals surface area (Å²) in [5.41, 5.74) is 4.22. The lowest BCUT2D eigenvalue weighted by Gasteiger charge is -2.34. The van der Waals surface area contributed by atoms with Gasteiger partial charge in [-0.3, -0.25) is 4.40 Å². The number of pyridine rings is 1. The fourth-order valence-electron chi connectivity index (χ4n) is 3.73. The first-order valence-electron chi connectivity index (χ1n) is 8.39. The molecule has 1 unspecified atom stereocenters. The Morgan fingerprint density at radius 1 is 1.38 bits per heavy atom. The molecule has 3 heterocycles. The summed E-state index contributed by atoms with van der Waals surface area (Å²) >= 11 is 0. The summed E-state index contributed by atoms with van der Waals surface area (Å²) in [6.07, 6.45) is 2.13. The van der Waals surface area contributed by atoms with E-state index < -0.39 is 0 Å². The summed E-state index contributed by atoms with van der Waals surface area (Å²) in [6.45, 7) is 3.99. The lowest BCUT2D eigenvalue weighted by Crippen LogP contribution is -2.37. The normalized spacial score (nSPS) is 18.2. The lowest BCUT2D eigenvalue weighted by molar-refractivity contribution is 0.208. The molecule has 4 rings (SSSR count). The number of aliphatic hydroxyl groups is 1. The van der Waals surface area contributed by atoms with Gasteiger partial charge in [-0.2, -0.15) is 5.26 Å². The molecule has 1 aliphatic rings. The van der Waals surface area contributed by atoms with Gasteiger partial charge in [0.15, 0.2) is 5.65 Å². The van der Waals surface area contributed by atoms with Crippen molar-refractivity contribution in [3.8, 4) is 6.07 Å². The average Bonchev–Trinajstić information content (AvgIpc) is 3.00. The number of piperidine rings is 1. The van der Waals surface area contributed by atoms with Crippen LogP contribution in [-0.2, 0) is 0 Å². The van der Waals surface area contributed by atoms with E-state index in [1.165, 1.54) is 0 Å². The highest BCUT2D eigenvalue weighted by Gasteiger charge is 2.23. The highest BCUT2D eigenvalue weighted by atomic mass is 16.3. The number of imidazole rings is 1. The van der Waals surface area contributed by atoms with Crippen LogP contribution in [0.25, 0.3) is 16.7 Å². The molecule has 1 atom stereocenters. The standard InChI is InChI=1S/C19H20N4O/c1-13-9-18(22-8-4-5-14(11-22)12-24)23-17-7-3-2-6-16(17)21-19(23)15(13)10-20/h2-3,6-7,9,14,24H,4-5,8,11-12H2,1H3. The zero-order valence-corrected chi connectivity index (χ0v) is 13.7. The minimum absolute atomic E-state index is 0.222. The van der Waals surface area contributed by atoms with Crippen LogP contribution >= 0.6 is 0 Å². The first-order valence-corrected chi connectivity index (χ1v) is 8.39. The summed E-state index contributed by atoms with van der Waals surface area (Å²) in [5.74, 6) is 1.37. The third-order valence-corrected chi connectivity index (χ3v) is 4.97. The van der Waals surface area contributed by atoms with Gasteiger partial charge >= 0.3 is 0 Å². The van der Waals surface area contributed by atoms with Gasteiger partial charge in [0.2, 0.25) is 0 Å². The van der Waals surface area contributed by atoms with E-state index in [1.807, 2.05) is 31.2 Å². The van der Waals surface area contributed by atoms with Crippen molar-refractivity contribution < 1.29 is 5.11 Å². The maximum absolute atomic E-state index is 9.57. The molecule has 1 saturated heterocycles. The van der Waals surface area contributed by atoms with E-state index in [2.05, 4.69) is 21.4 Å². The molecule has 0 spiro atoms. The molecular formula is C19H20N4O. The predicted octanol–water partition coefficient (Wildman–Crippen LogP) is 2.88. The van der Waals surface area contributed by atoms with Gasteiger partial charge in [0, 0.05) is 19.7 Å². The van der Waals surface area contributed by atoms with Crippen LogP contribution in [0.15, 0.2) is 30.3 Å². The van der Waals surface area contributed by atoms with Crippen molar-refractivity contribution in [3.05, 3.63) is 41.5 Å². The molecule has 5 nitrogen and oxygen atoms in total. The third kappa shape index (κ3) is 2.22. The highest BCUT2D eigenvalue weighted by molar-refractivity contribution is 5.85. The van der Waals surface area contributed by atoms with E-state index in [9.17, 15) is 10.4 Å². The van der Waals surface area contributed by atoms with Crippen LogP contribution in [0.4, 0.5) is 5.82 Å². The van der Waals surface area contributed by atoms with Gasteiger partial charge in [-0.25, -0.2) is 4.98 Å². The van der Waals surface area contributed by atoms with Gasteiger partial charge < -0.3 is 10.0 Å². The molecule has 122 valence electrons. The topological polar surface area (TPSA) is 64.6 Å². The van der Waals surface area contributed by atoms with Gasteiger partial charge in [-0.05, 0) is 49.4 Å². The van der Waals surface area contributed by atoms with Crippen molar-refractivity contribution in [2.24, 2.45) is 5.92 Å². The number of para-hydroxylation sites is 2. The number of aryl methyl sites for hydroxylation is 1. The molecule has 0 bridgehead atoms. The fraction of sp³-hybridized carbons (Fsp3) is 0.368. The highest BCUT2D eigenvalue weighted by Crippen LogP contribution is 2.31. The zero-order valence-electron chi connectivity index (χ0n) is 13.7. The van der Waals surface area contributed by atoms with Crippen LogP contribution < -0.4 is 4.90 Å². The molecule has 2 aromatic heterocycles. The second-order valence-electron chi connectivity index (χ2n) is 6.57. The quantitative estimate of drug-likeness (QED) is 0.788. The van der Waals surface area contributed by atoms with Gasteiger partial charge in [-0.15, -0.1) is 0 Å². The number of anilines is 1. The van der Waals surface area contributed by atoms with Crippen LogP contribution in [0, 0.1) is 24.2 Å². The number of hydrogen-bond acceptors (Lipinski definition) is 4. The van der Waals surface area contributed by atoms with Crippen molar-refractivity contribution in [2.75, 3.05) is 24.6 Å². The second-order valence-corrected chi connectivity index (χ2v) is 6.57. The molecule has 3 aromatic rings. The first kappa shape index (κ1) is 15.0. The molecule has 0 radical (unpaired) electrons. The maximum atomic E-state index is 9.57. The molecule has 1 N–H and O–H groups in total. The molecule has 0 saturated carbocycles. The molecule has 1 fully saturated rings. The summed E-state index contributed by atoms with van der Waals surface area (Å²) < 4.78 is 2.10. The fourth-order valence-corrected chi connectivity index (χ4v) is 3.73. The molecule has 0 aliphatic carbocycles. The van der Waals surface area contributed by atoms with Crippen molar-refractivity contribution in [1.29, 1.82) is 5.26 Å². The Morgan fingerprint density at radius 3 is 3.00 bits per heavy atom. The van der Waals surface area contributed by atoms with E-state index >= 15 is 0 Å². The minimum Gasteiger partial charge on any atom is -0.396 e. The Bertz CT molecular complexity index is 953. The summed E-state index contributed by atoms with van der Waals surface area (Å²) in [4.78, 5) is 7.03. The maximum Gasteiger partial charge on any atom is 0.157 e. The Kier molecular flexibility index (Phi) is 3.62. The SMILES string of the molecule is Cc1cc(N2CCCC(CO)C2)n2c(nc3ccccc32)c1C#N. The minimum atomic E-state index is 0.222. The van der Waals surface area contributed by atoms with Gasteiger partial charge in [0.1, 0.15) is 11.9 Å². The van der Waals surface area contributed by atoms with E-state index in [0.717, 1.165) is 54.0 Å². The number of aromatic nitrogens is 2. The molecule has 0 amide bonds. The Labute approximate surface area is 140 Å². The largest absolute Gasteiger partial charge is 0.396 e. The van der Waals surface area contributed by atoms with Gasteiger partial charge in [0.05, 0.1) is 16.6 Å². The van der Waals surface area contributed by atoms with Crippen molar-refractivity contribution in [3.63, 3.8) is 0 Å². The van der Waals surface area contributed by atoms with E-state index in [1.54, 1.807) is 0 Å². The lowest BCUT2D eigenvalue weighted by atomic mass is 9.99. The first-order chi connectivity index (χ1) is 11.7. The van der Waals surface area contributed by atoms with E-state index in [-0.39, 0.29) is 6.61 Å². The van der Waals surface area contributed by atoms with Crippen LogP contribution in [0.1, 0.15) is 24.0 Å². The molecule has 5 heteroatoms. The predicted molar refractivity (Wildman–Crippen MR) is 94.2 cm³/mol. The number of hydrogen-bond donors (Lipinski definition) is 1. The Hall–Kier alpha value is -2.58. The average molecular weight is 320 g/mol. The summed E-state index contributed by atoms with van der Waals surface area (Å²) in [5, 5.41) is 19.1. The van der Waals surface area contributed by atoms with Gasteiger partial charge in [-0.1, -0.05) is 12.1 Å². The van der Waals surface area contributed by atoms with Gasteiger partial charge in [0.25, 0.3) is 0 Å². The summed E-state index contributed by atoms with van der Waals surface area (Å²) in [7, 11) is 0. The van der Waals surface area contributed by atoms with Crippen molar-refractivity contribution in [2.45, 2.75) is 19.8 Å². The molecule has 1 aliphatic heterocycles. The second kappa shape index (κ2) is 5.81. The smallest absolute Gasteiger partial charge is 0.157 e. The van der Waals surface area contributed by atoms with E-state index in [0.29, 0.717) is 11.5 Å². The Morgan fingerprint density at radius 2 is 2.21 bits per heavy atom. The number of rotatable bonds is 2. The Balaban J connectivity index is 2.00. The van der Waals surface area contributed by atoms with Crippen molar-refractivity contribution in [1.82, 2.24) is 9.38 Å². The molecule has 1 aromatic carbocycles. The molecular weight excluding hydrogens is 300 g/mol.